The fourth-order valence-electron chi connectivity index (χ4n) is 2.31. The number of nitrogens with two attached hydrogens (primary N) is 1. The number of pyridine rings is 1. The molecule has 1 fully saturated rings. The lowest BCUT2D eigenvalue weighted by Crippen LogP contribution is -2.45. The highest BCUT2D eigenvalue weighted by atomic mass is 15.2. The Morgan fingerprint density at radius 3 is 2.78 bits per heavy atom. The maximum Gasteiger partial charge on any atom is 0.127 e. The Bertz CT molecular complexity index is 355. The number of nitrogens with one attached hydrogen (secondary N) is 1. The van der Waals surface area contributed by atoms with E-state index >= 15 is 0 Å². The molecular weight excluding hydrogens is 224 g/mol. The van der Waals surface area contributed by atoms with Gasteiger partial charge in [0, 0.05) is 12.7 Å². The molecule has 100 valence electrons. The molecule has 4 nitrogen and oxygen atoms in total. The molecule has 0 bridgehead atoms. The second kappa shape index (κ2) is 6.16. The zero-order chi connectivity index (χ0) is 13.0. The number of aromatic nitrogens is 1. The lowest BCUT2D eigenvalue weighted by atomic mass is 9.99. The van der Waals surface area contributed by atoms with Crippen molar-refractivity contribution in [2.45, 2.75) is 32.9 Å². The van der Waals surface area contributed by atoms with Crippen molar-refractivity contribution in [3.8, 4) is 0 Å². The van der Waals surface area contributed by atoms with Crippen LogP contribution in [0.4, 0.5) is 5.82 Å². The lowest BCUT2D eigenvalue weighted by Gasteiger charge is -2.32. The predicted octanol–water partition coefficient (Wildman–Crippen LogP) is 1.82. The summed E-state index contributed by atoms with van der Waals surface area (Å²) in [4.78, 5) is 6.75. The van der Waals surface area contributed by atoms with Crippen LogP contribution in [0.15, 0.2) is 18.3 Å². The van der Waals surface area contributed by atoms with Crippen LogP contribution in [-0.2, 0) is 0 Å². The molecule has 0 amide bonds. The fraction of sp³-hybridized carbons (Fsp3) is 0.643. The van der Waals surface area contributed by atoms with Gasteiger partial charge in [0.1, 0.15) is 5.82 Å². The first-order chi connectivity index (χ1) is 8.63. The lowest BCUT2D eigenvalue weighted by molar-refractivity contribution is 0.186. The van der Waals surface area contributed by atoms with Crippen molar-refractivity contribution in [3.63, 3.8) is 0 Å². The molecule has 1 unspecified atom stereocenters. The van der Waals surface area contributed by atoms with E-state index < -0.39 is 0 Å². The van der Waals surface area contributed by atoms with Gasteiger partial charge < -0.3 is 11.1 Å². The van der Waals surface area contributed by atoms with Gasteiger partial charge in [0.25, 0.3) is 0 Å². The molecule has 0 radical (unpaired) electrons. The third kappa shape index (κ3) is 3.96. The molecule has 1 aromatic rings. The van der Waals surface area contributed by atoms with Crippen molar-refractivity contribution in [1.29, 1.82) is 0 Å². The van der Waals surface area contributed by atoms with Crippen LogP contribution < -0.4 is 11.1 Å². The Labute approximate surface area is 110 Å². The van der Waals surface area contributed by atoms with Gasteiger partial charge in [-0.25, -0.2) is 4.98 Å². The Morgan fingerprint density at radius 2 is 2.17 bits per heavy atom. The topological polar surface area (TPSA) is 54.2 Å². The summed E-state index contributed by atoms with van der Waals surface area (Å²) in [7, 11) is 0. The third-order valence-electron chi connectivity index (χ3n) is 3.58. The molecular formula is C14H24N4. The molecule has 1 atom stereocenters. The van der Waals surface area contributed by atoms with Crippen LogP contribution >= 0.6 is 0 Å². The first-order valence-corrected chi connectivity index (χ1v) is 6.80. The molecule has 0 saturated carbocycles. The first-order valence-electron chi connectivity index (χ1n) is 6.80. The summed E-state index contributed by atoms with van der Waals surface area (Å²) in [6, 6.07) is 4.03. The van der Waals surface area contributed by atoms with E-state index in [0.717, 1.165) is 31.4 Å². The zero-order valence-electron chi connectivity index (χ0n) is 11.4. The monoisotopic (exact) mass is 248 g/mol. The summed E-state index contributed by atoms with van der Waals surface area (Å²) in [5.41, 5.74) is 7.28. The summed E-state index contributed by atoms with van der Waals surface area (Å²) in [5.74, 6) is 1.72. The summed E-state index contributed by atoms with van der Waals surface area (Å²) >= 11 is 0. The molecule has 1 aliphatic heterocycles. The van der Waals surface area contributed by atoms with Crippen molar-refractivity contribution < 1.29 is 0 Å². The largest absolute Gasteiger partial charge is 0.354 e. The normalized spacial score (nSPS) is 19.7. The smallest absolute Gasteiger partial charge is 0.127 e. The Morgan fingerprint density at radius 1 is 1.44 bits per heavy atom. The molecule has 1 aliphatic rings. The van der Waals surface area contributed by atoms with E-state index in [9.17, 15) is 0 Å². The van der Waals surface area contributed by atoms with Crippen LogP contribution in [0.5, 0.6) is 0 Å². The van der Waals surface area contributed by atoms with Gasteiger partial charge in [-0.3, -0.25) is 4.90 Å². The molecule has 4 heteroatoms. The van der Waals surface area contributed by atoms with Crippen LogP contribution in [0.1, 0.15) is 25.3 Å². The summed E-state index contributed by atoms with van der Waals surface area (Å²) in [5, 5.41) is 3.25. The number of nitrogens with zero attached hydrogens (tertiary/aromatic N) is 2. The minimum absolute atomic E-state index is 0.0476. The number of piperidine rings is 1. The predicted molar refractivity (Wildman–Crippen MR) is 75.4 cm³/mol. The average molecular weight is 248 g/mol. The first kappa shape index (κ1) is 13.3. The molecule has 0 spiro atoms. The van der Waals surface area contributed by atoms with Gasteiger partial charge in [-0.15, -0.1) is 0 Å². The minimum Gasteiger partial charge on any atom is -0.354 e. The van der Waals surface area contributed by atoms with Crippen LogP contribution in [-0.4, -0.2) is 35.7 Å². The van der Waals surface area contributed by atoms with E-state index in [2.05, 4.69) is 22.1 Å². The second-order valence-corrected chi connectivity index (χ2v) is 5.45. The van der Waals surface area contributed by atoms with Gasteiger partial charge >= 0.3 is 0 Å². The molecule has 0 aliphatic carbocycles. The number of likely N-dealkylation sites (tertiary alicyclic amines) is 1. The van der Waals surface area contributed by atoms with Crippen LogP contribution in [0, 0.1) is 12.8 Å². The van der Waals surface area contributed by atoms with Gasteiger partial charge in [0.2, 0.25) is 0 Å². The summed E-state index contributed by atoms with van der Waals surface area (Å²) < 4.78 is 0. The highest BCUT2D eigenvalue weighted by Gasteiger charge is 2.17. The van der Waals surface area contributed by atoms with E-state index in [1.54, 1.807) is 0 Å². The maximum absolute atomic E-state index is 6.12. The van der Waals surface area contributed by atoms with Gasteiger partial charge in [-0.1, -0.05) is 13.0 Å². The molecule has 0 aromatic carbocycles. The number of aryl methyl sites for hydroxylation is 1. The summed E-state index contributed by atoms with van der Waals surface area (Å²) in [6.07, 6.45) is 4.39. The average Bonchev–Trinajstić information content (AvgIpc) is 2.35. The number of rotatable bonds is 4. The Hall–Kier alpha value is -1.13. The number of hydrogen-bond acceptors (Lipinski definition) is 4. The van der Waals surface area contributed by atoms with Crippen molar-refractivity contribution in [3.05, 3.63) is 23.9 Å². The van der Waals surface area contributed by atoms with Gasteiger partial charge in [-0.2, -0.15) is 0 Å². The molecule has 3 N–H and O–H groups in total. The zero-order valence-corrected chi connectivity index (χ0v) is 11.4. The molecule has 1 saturated heterocycles. The molecule has 18 heavy (non-hydrogen) atoms. The van der Waals surface area contributed by atoms with E-state index in [1.165, 1.54) is 18.4 Å². The SMILES string of the molecule is Cc1ccc(NC(N)CN2CCC(C)CC2)nc1. The quantitative estimate of drug-likeness (QED) is 0.798. The van der Waals surface area contributed by atoms with Crippen molar-refractivity contribution in [2.24, 2.45) is 11.7 Å². The Balaban J connectivity index is 1.78. The summed E-state index contributed by atoms with van der Waals surface area (Å²) in [6.45, 7) is 7.58. The molecule has 2 rings (SSSR count). The van der Waals surface area contributed by atoms with E-state index in [-0.39, 0.29) is 6.17 Å². The van der Waals surface area contributed by atoms with Crippen molar-refractivity contribution >= 4 is 5.82 Å². The highest BCUT2D eigenvalue weighted by molar-refractivity contribution is 5.36. The van der Waals surface area contributed by atoms with Gasteiger partial charge in [0.15, 0.2) is 0 Å². The molecule has 2 heterocycles. The van der Waals surface area contributed by atoms with Gasteiger partial charge in [0.05, 0.1) is 6.17 Å². The Kier molecular flexibility index (Phi) is 4.55. The van der Waals surface area contributed by atoms with Crippen LogP contribution in [0.3, 0.4) is 0 Å². The fourth-order valence-corrected chi connectivity index (χ4v) is 2.31. The highest BCUT2D eigenvalue weighted by Crippen LogP contribution is 2.16. The number of anilines is 1. The number of hydrogen-bond donors (Lipinski definition) is 2. The van der Waals surface area contributed by atoms with E-state index in [4.69, 9.17) is 5.73 Å². The maximum atomic E-state index is 6.12. The van der Waals surface area contributed by atoms with Crippen LogP contribution in [0.2, 0.25) is 0 Å². The van der Waals surface area contributed by atoms with E-state index in [1.807, 2.05) is 25.3 Å². The molecule has 1 aromatic heterocycles. The van der Waals surface area contributed by atoms with Gasteiger partial charge in [-0.05, 0) is 50.4 Å². The van der Waals surface area contributed by atoms with Crippen molar-refractivity contribution in [2.75, 3.05) is 25.0 Å². The van der Waals surface area contributed by atoms with E-state index in [0.29, 0.717) is 0 Å². The van der Waals surface area contributed by atoms with Crippen LogP contribution in [0.25, 0.3) is 0 Å². The minimum atomic E-state index is -0.0476. The van der Waals surface area contributed by atoms with Crippen molar-refractivity contribution in [1.82, 2.24) is 9.88 Å². The third-order valence-corrected chi connectivity index (χ3v) is 3.58. The second-order valence-electron chi connectivity index (χ2n) is 5.45. The standard InChI is InChI=1S/C14H24N4/c1-11-5-7-18(8-6-11)10-13(15)17-14-4-3-12(2)9-16-14/h3-4,9,11,13H,5-8,10,15H2,1-2H3,(H,16,17).